The molecule has 2 N–H and O–H groups in total. The predicted molar refractivity (Wildman–Crippen MR) is 87.2 cm³/mol. The normalized spacial score (nSPS) is 17.7. The Morgan fingerprint density at radius 2 is 2.33 bits per heavy atom. The Morgan fingerprint density at radius 1 is 1.48 bits per heavy atom. The number of hydrogen-bond donors (Lipinski definition) is 2. The van der Waals surface area contributed by atoms with E-state index in [2.05, 4.69) is 16.7 Å². The fraction of sp³-hybridized carbons (Fsp3) is 0.562. The van der Waals surface area contributed by atoms with Crippen molar-refractivity contribution in [3.63, 3.8) is 0 Å². The van der Waals surface area contributed by atoms with E-state index < -0.39 is 0 Å². The van der Waals surface area contributed by atoms with Gasteiger partial charge in [-0.1, -0.05) is 12.1 Å². The minimum Gasteiger partial charge on any atom is -0.497 e. The van der Waals surface area contributed by atoms with Gasteiger partial charge in [-0.3, -0.25) is 4.79 Å². The average Bonchev–Trinajstić information content (AvgIpc) is 2.52. The molecule has 0 spiro atoms. The van der Waals surface area contributed by atoms with Crippen molar-refractivity contribution in [1.82, 2.24) is 10.6 Å². The van der Waals surface area contributed by atoms with Crippen LogP contribution in [-0.4, -0.2) is 32.7 Å². The van der Waals surface area contributed by atoms with Gasteiger partial charge < -0.3 is 15.4 Å². The summed E-state index contributed by atoms with van der Waals surface area (Å²) in [6, 6.07) is 8.09. The standard InChI is InChI=1S/C16H24N2O2.ClH/c1-20-15-8-2-5-13(11-15)6-3-10-18-16(19)14-7-4-9-17-12-14;/h2,5,8,11,14,17H,3-4,6-7,9-10,12H2,1H3,(H,18,19);1H. The van der Waals surface area contributed by atoms with Gasteiger partial charge in [-0.15, -0.1) is 12.4 Å². The van der Waals surface area contributed by atoms with Crippen LogP contribution in [0.3, 0.4) is 0 Å². The third-order valence-corrected chi connectivity index (χ3v) is 3.74. The zero-order valence-corrected chi connectivity index (χ0v) is 13.4. The van der Waals surface area contributed by atoms with E-state index in [1.54, 1.807) is 7.11 Å². The van der Waals surface area contributed by atoms with Crippen LogP contribution >= 0.6 is 12.4 Å². The number of piperidine rings is 1. The van der Waals surface area contributed by atoms with Crippen molar-refractivity contribution < 1.29 is 9.53 Å². The molecule has 1 fully saturated rings. The van der Waals surface area contributed by atoms with E-state index in [0.717, 1.165) is 51.1 Å². The van der Waals surface area contributed by atoms with Crippen LogP contribution in [0.25, 0.3) is 0 Å². The van der Waals surface area contributed by atoms with E-state index in [0.29, 0.717) is 0 Å². The van der Waals surface area contributed by atoms with Gasteiger partial charge in [0.15, 0.2) is 0 Å². The molecule has 1 aromatic rings. The fourth-order valence-corrected chi connectivity index (χ4v) is 2.55. The molecule has 0 aromatic heterocycles. The van der Waals surface area contributed by atoms with Crippen molar-refractivity contribution >= 4 is 18.3 Å². The number of methoxy groups -OCH3 is 1. The summed E-state index contributed by atoms with van der Waals surface area (Å²) in [5.74, 6) is 1.24. The average molecular weight is 313 g/mol. The summed E-state index contributed by atoms with van der Waals surface area (Å²) >= 11 is 0. The zero-order chi connectivity index (χ0) is 14.2. The largest absolute Gasteiger partial charge is 0.497 e. The first kappa shape index (κ1) is 17.8. The van der Waals surface area contributed by atoms with Crippen LogP contribution in [-0.2, 0) is 11.2 Å². The van der Waals surface area contributed by atoms with E-state index in [-0.39, 0.29) is 24.2 Å². The van der Waals surface area contributed by atoms with Crippen LogP contribution in [0.1, 0.15) is 24.8 Å². The smallest absolute Gasteiger partial charge is 0.224 e. The number of hydrogen-bond acceptors (Lipinski definition) is 3. The number of ether oxygens (including phenoxy) is 1. The van der Waals surface area contributed by atoms with Gasteiger partial charge in [0.1, 0.15) is 5.75 Å². The molecule has 2 rings (SSSR count). The molecule has 1 aliphatic rings. The first-order chi connectivity index (χ1) is 9.79. The highest BCUT2D eigenvalue weighted by Gasteiger charge is 2.19. The highest BCUT2D eigenvalue weighted by molar-refractivity contribution is 5.85. The molecule has 21 heavy (non-hydrogen) atoms. The van der Waals surface area contributed by atoms with E-state index in [1.165, 1.54) is 5.56 Å². The summed E-state index contributed by atoms with van der Waals surface area (Å²) in [6.07, 6.45) is 4.02. The molecule has 0 saturated carbocycles. The Kier molecular flexibility index (Phi) is 8.16. The molecule has 0 aliphatic carbocycles. The predicted octanol–water partition coefficient (Wildman–Crippen LogP) is 2.17. The number of halogens is 1. The molecular formula is C16H25ClN2O2. The van der Waals surface area contributed by atoms with E-state index >= 15 is 0 Å². The highest BCUT2D eigenvalue weighted by Crippen LogP contribution is 2.14. The Bertz CT molecular complexity index is 434. The van der Waals surface area contributed by atoms with Gasteiger partial charge in [-0.05, 0) is 49.9 Å². The maximum Gasteiger partial charge on any atom is 0.224 e. The van der Waals surface area contributed by atoms with Crippen LogP contribution in [0.2, 0.25) is 0 Å². The maximum absolute atomic E-state index is 11.9. The van der Waals surface area contributed by atoms with Crippen LogP contribution in [0.4, 0.5) is 0 Å². The number of amides is 1. The summed E-state index contributed by atoms with van der Waals surface area (Å²) in [6.45, 7) is 2.61. The van der Waals surface area contributed by atoms with Gasteiger partial charge in [0.25, 0.3) is 0 Å². The third kappa shape index (κ3) is 5.94. The second-order valence-electron chi connectivity index (χ2n) is 5.29. The minimum absolute atomic E-state index is 0. The van der Waals surface area contributed by atoms with Gasteiger partial charge in [-0.25, -0.2) is 0 Å². The molecule has 1 aromatic carbocycles. The van der Waals surface area contributed by atoms with Crippen molar-refractivity contribution in [1.29, 1.82) is 0 Å². The SMILES string of the molecule is COc1cccc(CCCNC(=O)C2CCCNC2)c1.Cl. The van der Waals surface area contributed by atoms with Gasteiger partial charge in [-0.2, -0.15) is 0 Å². The molecule has 0 radical (unpaired) electrons. The van der Waals surface area contributed by atoms with Crippen LogP contribution in [0.15, 0.2) is 24.3 Å². The monoisotopic (exact) mass is 312 g/mol. The number of carbonyl (C=O) groups excluding carboxylic acids is 1. The van der Waals surface area contributed by atoms with E-state index in [4.69, 9.17) is 4.74 Å². The summed E-state index contributed by atoms with van der Waals surface area (Å²) in [5, 5.41) is 6.31. The Balaban J connectivity index is 0.00000220. The molecule has 1 atom stereocenters. The molecule has 1 saturated heterocycles. The number of aryl methyl sites for hydroxylation is 1. The molecule has 1 heterocycles. The lowest BCUT2D eigenvalue weighted by Crippen LogP contribution is -2.40. The number of benzene rings is 1. The quantitative estimate of drug-likeness (QED) is 0.792. The van der Waals surface area contributed by atoms with E-state index in [9.17, 15) is 4.79 Å². The molecule has 0 bridgehead atoms. The lowest BCUT2D eigenvalue weighted by molar-refractivity contribution is -0.125. The van der Waals surface area contributed by atoms with Crippen molar-refractivity contribution in [3.8, 4) is 5.75 Å². The number of carbonyl (C=O) groups is 1. The molecule has 1 amide bonds. The highest BCUT2D eigenvalue weighted by atomic mass is 35.5. The van der Waals surface area contributed by atoms with E-state index in [1.807, 2.05) is 18.2 Å². The second kappa shape index (κ2) is 9.64. The van der Waals surface area contributed by atoms with Crippen LogP contribution in [0, 0.1) is 5.92 Å². The summed E-state index contributed by atoms with van der Waals surface area (Å²) in [7, 11) is 1.68. The Morgan fingerprint density at radius 3 is 3.05 bits per heavy atom. The first-order valence-corrected chi connectivity index (χ1v) is 7.41. The number of rotatable bonds is 6. The lowest BCUT2D eigenvalue weighted by Gasteiger charge is -2.21. The molecular weight excluding hydrogens is 288 g/mol. The summed E-state index contributed by atoms with van der Waals surface area (Å²) in [5.41, 5.74) is 1.25. The molecule has 1 unspecified atom stereocenters. The van der Waals surface area contributed by atoms with Crippen molar-refractivity contribution in [2.45, 2.75) is 25.7 Å². The zero-order valence-electron chi connectivity index (χ0n) is 12.6. The molecule has 118 valence electrons. The third-order valence-electron chi connectivity index (χ3n) is 3.74. The van der Waals surface area contributed by atoms with Gasteiger partial charge >= 0.3 is 0 Å². The number of nitrogens with one attached hydrogen (secondary N) is 2. The van der Waals surface area contributed by atoms with Gasteiger partial charge in [0, 0.05) is 13.1 Å². The van der Waals surface area contributed by atoms with Gasteiger partial charge in [0.05, 0.1) is 13.0 Å². The second-order valence-corrected chi connectivity index (χ2v) is 5.29. The summed E-state index contributed by atoms with van der Waals surface area (Å²) < 4.78 is 5.20. The van der Waals surface area contributed by atoms with Crippen LogP contribution in [0.5, 0.6) is 5.75 Å². The summed E-state index contributed by atoms with van der Waals surface area (Å²) in [4.78, 5) is 11.9. The molecule has 5 heteroatoms. The van der Waals surface area contributed by atoms with Gasteiger partial charge in [0.2, 0.25) is 5.91 Å². The molecule has 1 aliphatic heterocycles. The van der Waals surface area contributed by atoms with Crippen molar-refractivity contribution in [2.75, 3.05) is 26.7 Å². The fourth-order valence-electron chi connectivity index (χ4n) is 2.55. The van der Waals surface area contributed by atoms with Crippen LogP contribution < -0.4 is 15.4 Å². The Hall–Kier alpha value is -1.26. The first-order valence-electron chi connectivity index (χ1n) is 7.41. The maximum atomic E-state index is 11.9. The lowest BCUT2D eigenvalue weighted by atomic mass is 9.99. The topological polar surface area (TPSA) is 50.4 Å². The Labute approximate surface area is 133 Å². The van der Waals surface area contributed by atoms with Crippen molar-refractivity contribution in [3.05, 3.63) is 29.8 Å². The minimum atomic E-state index is 0. The van der Waals surface area contributed by atoms with Crippen molar-refractivity contribution in [2.24, 2.45) is 5.92 Å². The molecule has 4 nitrogen and oxygen atoms in total.